The highest BCUT2D eigenvalue weighted by molar-refractivity contribution is 9.10. The van der Waals surface area contributed by atoms with Gasteiger partial charge in [0, 0.05) is 11.8 Å². The summed E-state index contributed by atoms with van der Waals surface area (Å²) < 4.78 is 1.72. The number of carbonyl (C=O) groups excluding carboxylic acids is 1. The van der Waals surface area contributed by atoms with E-state index in [-0.39, 0.29) is 17.9 Å². The molecule has 1 aromatic carbocycles. The van der Waals surface area contributed by atoms with Gasteiger partial charge in [-0.1, -0.05) is 30.3 Å². The van der Waals surface area contributed by atoms with Crippen LogP contribution in [0.15, 0.2) is 45.8 Å². The fraction of sp³-hybridized carbons (Fsp3) is 0.154. The molecular formula is C13H11BrN2O2. The Balaban J connectivity index is 2.34. The van der Waals surface area contributed by atoms with Crippen molar-refractivity contribution >= 4 is 21.7 Å². The second-order valence-corrected chi connectivity index (χ2v) is 4.69. The normalized spacial score (nSPS) is 10.3. The number of nitrogens with zero attached hydrogens (tertiary/aromatic N) is 2. The van der Waals surface area contributed by atoms with E-state index in [9.17, 15) is 9.59 Å². The maximum absolute atomic E-state index is 12.0. The quantitative estimate of drug-likeness (QED) is 0.817. The van der Waals surface area contributed by atoms with Crippen LogP contribution in [0.25, 0.3) is 0 Å². The van der Waals surface area contributed by atoms with Crippen molar-refractivity contribution in [1.82, 2.24) is 9.55 Å². The summed E-state index contributed by atoms with van der Waals surface area (Å²) in [7, 11) is 0. The summed E-state index contributed by atoms with van der Waals surface area (Å²) in [5.41, 5.74) is 0.343. The molecule has 1 aromatic heterocycles. The second kappa shape index (κ2) is 5.27. The van der Waals surface area contributed by atoms with Gasteiger partial charge in [0.2, 0.25) is 0 Å². The molecule has 0 aliphatic heterocycles. The molecule has 0 saturated carbocycles. The molecule has 18 heavy (non-hydrogen) atoms. The predicted molar refractivity (Wildman–Crippen MR) is 71.7 cm³/mol. The summed E-state index contributed by atoms with van der Waals surface area (Å²) in [6, 6.07) is 8.89. The van der Waals surface area contributed by atoms with Gasteiger partial charge in [0.25, 0.3) is 5.56 Å². The van der Waals surface area contributed by atoms with Crippen LogP contribution in [0, 0.1) is 6.92 Å². The molecule has 2 rings (SSSR count). The third-order valence-electron chi connectivity index (χ3n) is 2.60. The molecule has 0 fully saturated rings. The number of hydrogen-bond acceptors (Lipinski definition) is 3. The molecule has 0 amide bonds. The van der Waals surface area contributed by atoms with Crippen molar-refractivity contribution in [3.05, 3.63) is 62.7 Å². The molecule has 0 spiro atoms. The van der Waals surface area contributed by atoms with E-state index < -0.39 is 0 Å². The summed E-state index contributed by atoms with van der Waals surface area (Å²) in [4.78, 5) is 28.0. The lowest BCUT2D eigenvalue weighted by atomic mass is 10.1. The van der Waals surface area contributed by atoms with Crippen molar-refractivity contribution in [3.8, 4) is 0 Å². The second-order valence-electron chi connectivity index (χ2n) is 3.83. The molecule has 0 bridgehead atoms. The van der Waals surface area contributed by atoms with Crippen LogP contribution >= 0.6 is 15.9 Å². The van der Waals surface area contributed by atoms with Crippen LogP contribution in [0.1, 0.15) is 16.2 Å². The molecule has 0 atom stereocenters. The number of benzene rings is 1. The first-order valence-electron chi connectivity index (χ1n) is 5.40. The maximum Gasteiger partial charge on any atom is 0.268 e. The largest absolute Gasteiger partial charge is 0.292 e. The fourth-order valence-corrected chi connectivity index (χ4v) is 1.91. The third kappa shape index (κ3) is 2.56. The number of Topliss-reactive ketones (excluding diaryl/α,β-unsaturated/α-hetero) is 1. The highest BCUT2D eigenvalue weighted by Crippen LogP contribution is 2.05. The highest BCUT2D eigenvalue weighted by atomic mass is 79.9. The van der Waals surface area contributed by atoms with Crippen molar-refractivity contribution in [1.29, 1.82) is 0 Å². The van der Waals surface area contributed by atoms with E-state index in [0.29, 0.717) is 15.9 Å². The predicted octanol–water partition coefficient (Wildman–Crippen LogP) is 2.20. The summed E-state index contributed by atoms with van der Waals surface area (Å²) in [6.45, 7) is 1.70. The van der Waals surface area contributed by atoms with Gasteiger partial charge in [0.1, 0.15) is 10.3 Å². The lowest BCUT2D eigenvalue weighted by Crippen LogP contribution is -2.27. The Kier molecular flexibility index (Phi) is 3.72. The maximum atomic E-state index is 12.0. The zero-order valence-corrected chi connectivity index (χ0v) is 11.3. The van der Waals surface area contributed by atoms with Gasteiger partial charge in [-0.15, -0.1) is 0 Å². The van der Waals surface area contributed by atoms with Crippen LogP contribution in [0.5, 0.6) is 0 Å². The Morgan fingerprint density at radius 1 is 1.33 bits per heavy atom. The Bertz CT molecular complexity index is 635. The zero-order valence-electron chi connectivity index (χ0n) is 9.76. The molecule has 5 heteroatoms. The molecule has 4 nitrogen and oxygen atoms in total. The molecule has 0 radical (unpaired) electrons. The Morgan fingerprint density at radius 2 is 2.00 bits per heavy atom. The van der Waals surface area contributed by atoms with E-state index >= 15 is 0 Å². The Labute approximate surface area is 112 Å². The van der Waals surface area contributed by atoms with Crippen molar-refractivity contribution in [2.75, 3.05) is 0 Å². The number of rotatable bonds is 3. The highest BCUT2D eigenvalue weighted by Gasteiger charge is 2.11. The fourth-order valence-electron chi connectivity index (χ4n) is 1.60. The standard InChI is InChI=1S/C13H11BrN2O2/c1-9-15-7-11(14)13(18)16(9)8-12(17)10-5-3-2-4-6-10/h2-7H,8H2,1H3. The number of aromatic nitrogens is 2. The lowest BCUT2D eigenvalue weighted by Gasteiger charge is -2.08. The van der Waals surface area contributed by atoms with Crippen molar-refractivity contribution in [3.63, 3.8) is 0 Å². The number of ketones is 1. The third-order valence-corrected chi connectivity index (χ3v) is 3.15. The van der Waals surface area contributed by atoms with Gasteiger partial charge in [-0.05, 0) is 22.9 Å². The molecule has 0 N–H and O–H groups in total. The van der Waals surface area contributed by atoms with Gasteiger partial charge in [-0.3, -0.25) is 14.2 Å². The topological polar surface area (TPSA) is 52.0 Å². The summed E-state index contributed by atoms with van der Waals surface area (Å²) in [5, 5.41) is 0. The van der Waals surface area contributed by atoms with Crippen LogP contribution in [0.2, 0.25) is 0 Å². The first-order chi connectivity index (χ1) is 8.59. The van der Waals surface area contributed by atoms with Gasteiger partial charge in [0.05, 0.1) is 6.54 Å². The van der Waals surface area contributed by atoms with Crippen molar-refractivity contribution in [2.45, 2.75) is 13.5 Å². The lowest BCUT2D eigenvalue weighted by molar-refractivity contribution is 0.0969. The van der Waals surface area contributed by atoms with Crippen LogP contribution in [-0.4, -0.2) is 15.3 Å². The van der Waals surface area contributed by atoms with Crippen molar-refractivity contribution in [2.24, 2.45) is 0 Å². The minimum absolute atomic E-state index is 0.00111. The summed E-state index contributed by atoms with van der Waals surface area (Å²) >= 11 is 3.12. The summed E-state index contributed by atoms with van der Waals surface area (Å²) in [6.07, 6.45) is 1.45. The number of hydrogen-bond donors (Lipinski definition) is 0. The molecular weight excluding hydrogens is 296 g/mol. The molecule has 92 valence electrons. The van der Waals surface area contributed by atoms with Crippen LogP contribution in [0.4, 0.5) is 0 Å². The van der Waals surface area contributed by atoms with Crippen LogP contribution in [-0.2, 0) is 6.54 Å². The van der Waals surface area contributed by atoms with Crippen molar-refractivity contribution < 1.29 is 4.79 Å². The Hall–Kier alpha value is -1.75. The molecule has 2 aromatic rings. The van der Waals surface area contributed by atoms with E-state index in [4.69, 9.17) is 0 Å². The smallest absolute Gasteiger partial charge is 0.268 e. The van der Waals surface area contributed by atoms with Gasteiger partial charge in [-0.25, -0.2) is 4.98 Å². The average molecular weight is 307 g/mol. The molecule has 0 aliphatic rings. The van der Waals surface area contributed by atoms with Gasteiger partial charge in [0.15, 0.2) is 5.78 Å². The van der Waals surface area contributed by atoms with Crippen LogP contribution < -0.4 is 5.56 Å². The number of halogens is 1. The van der Waals surface area contributed by atoms with E-state index in [1.54, 1.807) is 31.2 Å². The molecule has 0 aliphatic carbocycles. The average Bonchev–Trinajstić information content (AvgIpc) is 2.40. The number of carbonyl (C=O) groups is 1. The van der Waals surface area contributed by atoms with E-state index in [1.165, 1.54) is 10.8 Å². The minimum atomic E-state index is -0.244. The SMILES string of the molecule is Cc1ncc(Br)c(=O)n1CC(=O)c1ccccc1. The number of aryl methyl sites for hydroxylation is 1. The van der Waals surface area contributed by atoms with Gasteiger partial charge < -0.3 is 0 Å². The van der Waals surface area contributed by atoms with Gasteiger partial charge >= 0.3 is 0 Å². The minimum Gasteiger partial charge on any atom is -0.292 e. The van der Waals surface area contributed by atoms with Crippen LogP contribution in [0.3, 0.4) is 0 Å². The molecule has 0 saturated heterocycles. The molecule has 0 unspecified atom stereocenters. The van der Waals surface area contributed by atoms with E-state index in [2.05, 4.69) is 20.9 Å². The first kappa shape index (κ1) is 12.7. The van der Waals surface area contributed by atoms with E-state index in [0.717, 1.165) is 0 Å². The first-order valence-corrected chi connectivity index (χ1v) is 6.19. The zero-order chi connectivity index (χ0) is 13.1. The monoisotopic (exact) mass is 306 g/mol. The Morgan fingerprint density at radius 3 is 2.67 bits per heavy atom. The summed E-state index contributed by atoms with van der Waals surface area (Å²) in [5.74, 6) is 0.410. The van der Waals surface area contributed by atoms with E-state index in [1.807, 2.05) is 6.07 Å². The van der Waals surface area contributed by atoms with Gasteiger partial charge in [-0.2, -0.15) is 0 Å². The molecule has 1 heterocycles.